The first-order valence-electron chi connectivity index (χ1n) is 5.39. The second kappa shape index (κ2) is 10.7. The van der Waals surface area contributed by atoms with Gasteiger partial charge in [0, 0.05) is 0 Å². The van der Waals surface area contributed by atoms with Gasteiger partial charge in [0.2, 0.25) is 0 Å². The molecule has 0 bridgehead atoms. The normalized spacial score (nSPS) is 11.6. The molecule has 0 rings (SSSR count). The molecule has 0 radical (unpaired) electrons. The van der Waals surface area contributed by atoms with Crippen LogP contribution in [0.3, 0.4) is 0 Å². The van der Waals surface area contributed by atoms with E-state index in [2.05, 4.69) is 13.2 Å². The minimum absolute atomic E-state index is 0. The van der Waals surface area contributed by atoms with E-state index in [9.17, 15) is 4.79 Å². The first kappa shape index (κ1) is 17.6. The molecule has 0 aromatic heterocycles. The van der Waals surface area contributed by atoms with Crippen molar-refractivity contribution >= 4 is 5.97 Å². The Balaban J connectivity index is 0. The molecule has 16 heavy (non-hydrogen) atoms. The lowest BCUT2D eigenvalue weighted by Gasteiger charge is -2.12. The molecule has 3 N–H and O–H groups in total. The van der Waals surface area contributed by atoms with Gasteiger partial charge >= 0.3 is 5.97 Å². The van der Waals surface area contributed by atoms with Crippen LogP contribution in [0.15, 0.2) is 25.3 Å². The highest BCUT2D eigenvalue weighted by atomic mass is 35.5. The Morgan fingerprint density at radius 3 is 2.25 bits per heavy atom. The Labute approximate surface area is 104 Å². The van der Waals surface area contributed by atoms with E-state index in [-0.39, 0.29) is 18.4 Å². The van der Waals surface area contributed by atoms with E-state index < -0.39 is 5.97 Å². The predicted molar refractivity (Wildman–Crippen MR) is 61.6 cm³/mol. The zero-order valence-electron chi connectivity index (χ0n) is 9.86. The Morgan fingerprint density at radius 2 is 1.88 bits per heavy atom. The largest absolute Gasteiger partial charge is 1.00 e. The monoisotopic (exact) mass is 247 g/mol. The molecule has 0 amide bonds. The summed E-state index contributed by atoms with van der Waals surface area (Å²) in [5.74, 6) is -0.198. The standard InChI is InChI=1S/C12H21NO2.ClH/c1-4-6-11(7-5-2)8-9-13-10(3)12(14)15;/h4-5,10-11,13H,1-2,6-9H2,3H3,(H,14,15);1H. The van der Waals surface area contributed by atoms with Crippen LogP contribution in [0.25, 0.3) is 0 Å². The van der Waals surface area contributed by atoms with Crippen molar-refractivity contribution < 1.29 is 27.6 Å². The lowest BCUT2D eigenvalue weighted by molar-refractivity contribution is -0.675. The van der Waals surface area contributed by atoms with Crippen LogP contribution in [0.2, 0.25) is 0 Å². The van der Waals surface area contributed by atoms with Gasteiger partial charge in [-0.1, -0.05) is 12.2 Å². The van der Waals surface area contributed by atoms with Crippen LogP contribution in [0.4, 0.5) is 0 Å². The number of hydrogen-bond acceptors (Lipinski definition) is 1. The predicted octanol–water partition coefficient (Wildman–Crippen LogP) is -1.81. The zero-order chi connectivity index (χ0) is 11.7. The molecule has 0 aliphatic carbocycles. The average Bonchev–Trinajstić information content (AvgIpc) is 2.18. The summed E-state index contributed by atoms with van der Waals surface area (Å²) in [5.41, 5.74) is 0. The molecular weight excluding hydrogens is 226 g/mol. The minimum Gasteiger partial charge on any atom is -1.00 e. The quantitative estimate of drug-likeness (QED) is 0.472. The Kier molecular flexibility index (Phi) is 11.8. The number of allylic oxidation sites excluding steroid dienone is 2. The van der Waals surface area contributed by atoms with Crippen LogP contribution < -0.4 is 17.7 Å². The van der Waals surface area contributed by atoms with Gasteiger partial charge in [0.05, 0.1) is 6.54 Å². The number of hydrogen-bond donors (Lipinski definition) is 2. The molecule has 1 unspecified atom stereocenters. The maximum atomic E-state index is 10.6. The number of carboxylic acids is 1. The Bertz CT molecular complexity index is 209. The van der Waals surface area contributed by atoms with Crippen molar-refractivity contribution in [1.82, 2.24) is 0 Å². The summed E-state index contributed by atoms with van der Waals surface area (Å²) in [4.78, 5) is 10.6. The van der Waals surface area contributed by atoms with Crippen LogP contribution in [0.5, 0.6) is 0 Å². The first-order chi connectivity index (χ1) is 7.11. The van der Waals surface area contributed by atoms with Gasteiger partial charge in [-0.25, -0.2) is 4.79 Å². The van der Waals surface area contributed by atoms with Crippen molar-refractivity contribution in [3.05, 3.63) is 25.3 Å². The second-order valence-corrected chi connectivity index (χ2v) is 3.85. The zero-order valence-corrected chi connectivity index (χ0v) is 10.6. The van der Waals surface area contributed by atoms with Crippen LogP contribution in [0, 0.1) is 5.92 Å². The van der Waals surface area contributed by atoms with Crippen LogP contribution in [-0.4, -0.2) is 23.7 Å². The van der Waals surface area contributed by atoms with E-state index in [1.54, 1.807) is 6.92 Å². The fourth-order valence-corrected chi connectivity index (χ4v) is 1.49. The minimum atomic E-state index is -0.751. The highest BCUT2D eigenvalue weighted by molar-refractivity contribution is 5.70. The summed E-state index contributed by atoms with van der Waals surface area (Å²) in [7, 11) is 0. The van der Waals surface area contributed by atoms with Gasteiger partial charge in [0.1, 0.15) is 0 Å². The van der Waals surface area contributed by atoms with E-state index >= 15 is 0 Å². The molecule has 94 valence electrons. The molecule has 1 atom stereocenters. The molecular formula is C12H22ClNO2. The fourth-order valence-electron chi connectivity index (χ4n) is 1.49. The van der Waals surface area contributed by atoms with Gasteiger partial charge in [-0.15, -0.1) is 13.2 Å². The molecule has 0 aliphatic heterocycles. The van der Waals surface area contributed by atoms with Crippen molar-refractivity contribution in [2.75, 3.05) is 6.54 Å². The second-order valence-electron chi connectivity index (χ2n) is 3.85. The van der Waals surface area contributed by atoms with Crippen molar-refractivity contribution in [2.45, 2.75) is 32.2 Å². The van der Waals surface area contributed by atoms with E-state index in [0.717, 1.165) is 25.8 Å². The maximum Gasteiger partial charge on any atom is 0.362 e. The fraction of sp³-hybridized carbons (Fsp3) is 0.583. The molecule has 0 spiro atoms. The third-order valence-electron chi connectivity index (χ3n) is 2.48. The van der Waals surface area contributed by atoms with E-state index in [1.165, 1.54) is 0 Å². The highest BCUT2D eigenvalue weighted by Gasteiger charge is 2.14. The summed E-state index contributed by atoms with van der Waals surface area (Å²) in [6, 6.07) is -0.349. The highest BCUT2D eigenvalue weighted by Crippen LogP contribution is 2.12. The van der Waals surface area contributed by atoms with Crippen molar-refractivity contribution in [2.24, 2.45) is 5.92 Å². The molecule has 3 nitrogen and oxygen atoms in total. The van der Waals surface area contributed by atoms with Crippen LogP contribution in [0.1, 0.15) is 26.2 Å². The molecule has 0 saturated heterocycles. The maximum absolute atomic E-state index is 10.6. The van der Waals surface area contributed by atoms with Gasteiger partial charge in [0.15, 0.2) is 6.04 Å². The van der Waals surface area contributed by atoms with Gasteiger partial charge < -0.3 is 22.8 Å². The lowest BCUT2D eigenvalue weighted by Crippen LogP contribution is -3.00. The SMILES string of the molecule is C=CCC(CC=C)CC[NH2+]C(C)C(=O)O.[Cl-]. The summed E-state index contributed by atoms with van der Waals surface area (Å²) in [6.07, 6.45) is 6.78. The first-order valence-corrected chi connectivity index (χ1v) is 5.39. The smallest absolute Gasteiger partial charge is 0.362 e. The summed E-state index contributed by atoms with van der Waals surface area (Å²) < 4.78 is 0. The molecule has 0 aromatic carbocycles. The van der Waals surface area contributed by atoms with Crippen molar-refractivity contribution in [3.8, 4) is 0 Å². The van der Waals surface area contributed by atoms with Gasteiger partial charge in [-0.3, -0.25) is 0 Å². The van der Waals surface area contributed by atoms with E-state index in [0.29, 0.717) is 5.92 Å². The topological polar surface area (TPSA) is 53.9 Å². The Morgan fingerprint density at radius 1 is 1.38 bits per heavy atom. The summed E-state index contributed by atoms with van der Waals surface area (Å²) >= 11 is 0. The molecule has 0 heterocycles. The lowest BCUT2D eigenvalue weighted by atomic mass is 9.97. The summed E-state index contributed by atoms with van der Waals surface area (Å²) in [6.45, 7) is 9.98. The number of carbonyl (C=O) groups is 1. The third kappa shape index (κ3) is 8.50. The number of halogens is 1. The molecule has 4 heteroatoms. The number of nitrogens with two attached hydrogens (primary N) is 1. The van der Waals surface area contributed by atoms with E-state index in [4.69, 9.17) is 5.11 Å². The van der Waals surface area contributed by atoms with E-state index in [1.807, 2.05) is 17.5 Å². The van der Waals surface area contributed by atoms with Crippen molar-refractivity contribution in [1.29, 1.82) is 0 Å². The number of aliphatic carboxylic acids is 1. The number of quaternary nitrogens is 1. The molecule has 0 fully saturated rings. The molecule has 0 aliphatic rings. The average molecular weight is 248 g/mol. The molecule has 0 saturated carbocycles. The number of rotatable bonds is 9. The number of carboxylic acid groups (broad SMARTS) is 1. The molecule has 0 aromatic rings. The van der Waals surface area contributed by atoms with Crippen LogP contribution >= 0.6 is 0 Å². The van der Waals surface area contributed by atoms with Crippen LogP contribution in [-0.2, 0) is 4.79 Å². The third-order valence-corrected chi connectivity index (χ3v) is 2.48. The Hall–Kier alpha value is -0.800. The van der Waals surface area contributed by atoms with Gasteiger partial charge in [-0.2, -0.15) is 0 Å². The van der Waals surface area contributed by atoms with Gasteiger partial charge in [-0.05, 0) is 32.1 Å². The summed E-state index contributed by atoms with van der Waals surface area (Å²) in [5, 5.41) is 10.6. The van der Waals surface area contributed by atoms with Crippen molar-refractivity contribution in [3.63, 3.8) is 0 Å². The van der Waals surface area contributed by atoms with Gasteiger partial charge in [0.25, 0.3) is 0 Å².